The van der Waals surface area contributed by atoms with Crippen LogP contribution in [0.15, 0.2) is 30.3 Å². The van der Waals surface area contributed by atoms with Gasteiger partial charge in [0.05, 0.1) is 6.57 Å². The van der Waals surface area contributed by atoms with Gasteiger partial charge in [-0.3, -0.25) is 0 Å². The van der Waals surface area contributed by atoms with Gasteiger partial charge in [0.2, 0.25) is 0 Å². The summed E-state index contributed by atoms with van der Waals surface area (Å²) in [6.07, 6.45) is 7.02. The predicted octanol–water partition coefficient (Wildman–Crippen LogP) is 7.38. The minimum Gasteiger partial charge on any atom is -0.238 e. The van der Waals surface area contributed by atoms with E-state index in [0.29, 0.717) is 0 Å². The molecule has 4 rings (SSSR count). The van der Waals surface area contributed by atoms with E-state index in [4.69, 9.17) is 6.57 Å². The first kappa shape index (κ1) is 18.1. The number of allylic oxidation sites excluding steroid dienone is 1. The molecule has 2 aromatic rings. The van der Waals surface area contributed by atoms with Gasteiger partial charge in [0.1, 0.15) is 0 Å². The molecule has 27 heavy (non-hydrogen) atoms. The highest BCUT2D eigenvalue weighted by molar-refractivity contribution is 5.87. The van der Waals surface area contributed by atoms with Crippen LogP contribution in [0.2, 0.25) is 0 Å². The average Bonchev–Trinajstić information content (AvgIpc) is 3.02. The molecule has 2 aliphatic carbocycles. The van der Waals surface area contributed by atoms with Gasteiger partial charge in [-0.1, -0.05) is 69.7 Å². The first-order valence-electron chi connectivity index (χ1n) is 10.1. The Balaban J connectivity index is 1.82. The second-order valence-corrected chi connectivity index (χ2v) is 9.64. The van der Waals surface area contributed by atoms with E-state index in [1.54, 1.807) is 0 Å². The lowest BCUT2D eigenvalue weighted by molar-refractivity contribution is 0.331. The van der Waals surface area contributed by atoms with Gasteiger partial charge in [0.15, 0.2) is 5.69 Å². The lowest BCUT2D eigenvalue weighted by Gasteiger charge is -2.42. The second kappa shape index (κ2) is 6.10. The van der Waals surface area contributed by atoms with Crippen molar-refractivity contribution in [3.63, 3.8) is 0 Å². The predicted molar refractivity (Wildman–Crippen MR) is 115 cm³/mol. The Kier molecular flexibility index (Phi) is 4.08. The van der Waals surface area contributed by atoms with Gasteiger partial charge in [-0.15, -0.1) is 0 Å². The molecule has 0 aliphatic heterocycles. The lowest BCUT2D eigenvalue weighted by Crippen LogP contribution is -2.34. The molecule has 0 aromatic heterocycles. The lowest BCUT2D eigenvalue weighted by atomic mass is 9.62. The summed E-state index contributed by atoms with van der Waals surface area (Å²) in [5.41, 5.74) is 11.1. The third-order valence-electron chi connectivity index (χ3n) is 6.80. The second-order valence-electron chi connectivity index (χ2n) is 9.64. The van der Waals surface area contributed by atoms with Crippen molar-refractivity contribution < 1.29 is 0 Å². The van der Waals surface area contributed by atoms with Gasteiger partial charge in [-0.2, -0.15) is 0 Å². The van der Waals surface area contributed by atoms with Gasteiger partial charge in [-0.05, 0) is 76.8 Å². The highest BCUT2D eigenvalue weighted by Gasteiger charge is 2.37. The number of fused-ring (bicyclic) bond motifs is 2. The molecule has 0 radical (unpaired) electrons. The highest BCUT2D eigenvalue weighted by atomic mass is 14.6. The fourth-order valence-electron chi connectivity index (χ4n) is 4.81. The molecule has 138 valence electrons. The van der Waals surface area contributed by atoms with Crippen molar-refractivity contribution in [2.24, 2.45) is 0 Å². The van der Waals surface area contributed by atoms with Gasteiger partial charge in [0, 0.05) is 0 Å². The third-order valence-corrected chi connectivity index (χ3v) is 6.80. The number of hydrogen-bond donors (Lipinski definition) is 0. The van der Waals surface area contributed by atoms with Crippen LogP contribution in [0, 0.1) is 13.5 Å². The van der Waals surface area contributed by atoms with E-state index >= 15 is 0 Å². The molecular formula is C26H29N. The van der Waals surface area contributed by atoms with Crippen LogP contribution >= 0.6 is 0 Å². The van der Waals surface area contributed by atoms with E-state index in [-0.39, 0.29) is 10.8 Å². The van der Waals surface area contributed by atoms with Crippen LogP contribution in [-0.2, 0) is 17.3 Å². The molecule has 0 N–H and O–H groups in total. The van der Waals surface area contributed by atoms with E-state index < -0.39 is 0 Å². The zero-order chi connectivity index (χ0) is 19.4. The van der Waals surface area contributed by atoms with Crippen molar-refractivity contribution in [2.75, 3.05) is 0 Å². The maximum absolute atomic E-state index is 7.23. The van der Waals surface area contributed by atoms with Gasteiger partial charge >= 0.3 is 0 Å². The molecule has 0 amide bonds. The highest BCUT2D eigenvalue weighted by Crippen LogP contribution is 2.47. The SMILES string of the molecule is [C-]#[N+]c1ccc2c(c1)CCC2=Cc1cc2c(cc1C)C(C)(C)CCC2(C)C. The molecule has 0 atom stereocenters. The summed E-state index contributed by atoms with van der Waals surface area (Å²) in [4.78, 5) is 3.58. The number of benzene rings is 2. The Bertz CT molecular complexity index is 996. The summed E-state index contributed by atoms with van der Waals surface area (Å²) in [7, 11) is 0. The average molecular weight is 356 g/mol. The van der Waals surface area contributed by atoms with Crippen molar-refractivity contribution in [3.05, 3.63) is 75.1 Å². The summed E-state index contributed by atoms with van der Waals surface area (Å²) >= 11 is 0. The standard InChI is InChI=1S/C26H29N/c1-17-13-23-24(26(4,5)12-11-25(23,2)3)16-20(17)14-18-7-8-19-15-21(27-6)9-10-22(18)19/h9-10,13-16H,7-8,11-12H2,1-5H3. The Labute approximate surface area is 163 Å². The maximum atomic E-state index is 7.23. The summed E-state index contributed by atoms with van der Waals surface area (Å²) < 4.78 is 0. The fourth-order valence-corrected chi connectivity index (χ4v) is 4.81. The Morgan fingerprint density at radius 1 is 0.926 bits per heavy atom. The summed E-state index contributed by atoms with van der Waals surface area (Å²) in [5, 5.41) is 0. The van der Waals surface area contributed by atoms with Crippen LogP contribution in [0.4, 0.5) is 5.69 Å². The third kappa shape index (κ3) is 3.02. The first-order valence-corrected chi connectivity index (χ1v) is 10.1. The molecule has 0 saturated heterocycles. The summed E-state index contributed by atoms with van der Waals surface area (Å²) in [6.45, 7) is 19.1. The van der Waals surface area contributed by atoms with Crippen LogP contribution in [0.25, 0.3) is 16.5 Å². The molecular weight excluding hydrogens is 326 g/mol. The molecule has 0 unspecified atom stereocenters. The fraction of sp³-hybridized carbons (Fsp3) is 0.423. The van der Waals surface area contributed by atoms with Gasteiger partial charge in [0.25, 0.3) is 0 Å². The Morgan fingerprint density at radius 2 is 1.59 bits per heavy atom. The number of rotatable bonds is 1. The molecule has 0 saturated carbocycles. The van der Waals surface area contributed by atoms with E-state index in [0.717, 1.165) is 18.5 Å². The Morgan fingerprint density at radius 3 is 2.26 bits per heavy atom. The number of hydrogen-bond acceptors (Lipinski definition) is 0. The van der Waals surface area contributed by atoms with E-state index in [1.165, 1.54) is 51.8 Å². The van der Waals surface area contributed by atoms with Crippen LogP contribution in [0.5, 0.6) is 0 Å². The molecule has 2 aliphatic rings. The minimum absolute atomic E-state index is 0.240. The molecule has 0 heterocycles. The van der Waals surface area contributed by atoms with Gasteiger partial charge in [-0.25, -0.2) is 4.85 Å². The molecule has 0 spiro atoms. The topological polar surface area (TPSA) is 4.36 Å². The molecule has 0 bridgehead atoms. The molecule has 1 heteroatoms. The summed E-state index contributed by atoms with van der Waals surface area (Å²) in [5.74, 6) is 0. The number of nitrogens with zero attached hydrogens (tertiary/aromatic N) is 1. The van der Waals surface area contributed by atoms with Crippen LogP contribution in [0.1, 0.15) is 80.3 Å². The van der Waals surface area contributed by atoms with Crippen molar-refractivity contribution in [3.8, 4) is 0 Å². The number of aryl methyl sites for hydroxylation is 2. The summed E-state index contributed by atoms with van der Waals surface area (Å²) in [6, 6.07) is 11.1. The quantitative estimate of drug-likeness (QED) is 0.470. The van der Waals surface area contributed by atoms with E-state index in [1.807, 2.05) is 6.07 Å². The molecule has 1 nitrogen and oxygen atoms in total. The smallest absolute Gasteiger partial charge is 0.187 e. The van der Waals surface area contributed by atoms with Crippen LogP contribution in [0.3, 0.4) is 0 Å². The van der Waals surface area contributed by atoms with E-state index in [2.05, 4.69) is 69.8 Å². The molecule has 0 fully saturated rings. The van der Waals surface area contributed by atoms with Crippen LogP contribution in [-0.4, -0.2) is 0 Å². The zero-order valence-electron chi connectivity index (χ0n) is 17.2. The maximum Gasteiger partial charge on any atom is 0.187 e. The zero-order valence-corrected chi connectivity index (χ0v) is 17.2. The van der Waals surface area contributed by atoms with E-state index in [9.17, 15) is 0 Å². The van der Waals surface area contributed by atoms with Gasteiger partial charge < -0.3 is 0 Å². The van der Waals surface area contributed by atoms with Crippen molar-refractivity contribution in [2.45, 2.75) is 71.1 Å². The minimum atomic E-state index is 0.240. The normalized spacial score (nSPS) is 20.8. The van der Waals surface area contributed by atoms with Crippen molar-refractivity contribution in [1.29, 1.82) is 0 Å². The van der Waals surface area contributed by atoms with Crippen LogP contribution < -0.4 is 0 Å². The van der Waals surface area contributed by atoms with Crippen molar-refractivity contribution >= 4 is 17.3 Å². The Hall–Kier alpha value is -2.33. The first-order chi connectivity index (χ1) is 12.7. The molecule has 2 aromatic carbocycles. The van der Waals surface area contributed by atoms with Crippen molar-refractivity contribution in [1.82, 2.24) is 0 Å². The monoisotopic (exact) mass is 355 g/mol. The largest absolute Gasteiger partial charge is 0.238 e.